The Morgan fingerprint density at radius 3 is 1.55 bits per heavy atom. The van der Waals surface area contributed by atoms with Crippen LogP contribution in [-0.4, -0.2) is 10.7 Å². The third-order valence-corrected chi connectivity index (χ3v) is 4.50. The average Bonchev–Trinajstić information content (AvgIpc) is 2.42. The van der Waals surface area contributed by atoms with Crippen molar-refractivity contribution in [1.29, 1.82) is 0 Å². The van der Waals surface area contributed by atoms with Gasteiger partial charge in [0.05, 0.1) is 0 Å². The van der Waals surface area contributed by atoms with Gasteiger partial charge >= 0.3 is 8.25 Å². The number of unbranched alkanes of at least 4 members (excludes halogenated alkanes) is 12. The summed E-state index contributed by atoms with van der Waals surface area (Å²) >= 11 is 0. The maximum atomic E-state index is 10.6. The Morgan fingerprint density at radius 2 is 1.18 bits per heavy atom. The molecule has 1 unspecified atom stereocenters. The van der Waals surface area contributed by atoms with E-state index in [1.165, 1.54) is 70.6 Å². The zero-order chi connectivity index (χ0) is 16.7. The highest BCUT2D eigenvalue weighted by Crippen LogP contribution is 2.23. The van der Waals surface area contributed by atoms with Gasteiger partial charge in [-0.15, -0.1) is 0 Å². The minimum Gasteiger partial charge on any atom is -0.326 e. The van der Waals surface area contributed by atoms with Crippen molar-refractivity contribution in [1.82, 2.24) is 0 Å². The first-order valence-electron chi connectivity index (χ1n) is 8.97. The fourth-order valence-electron chi connectivity index (χ4n) is 2.63. The van der Waals surface area contributed by atoms with Gasteiger partial charge in [-0.2, -0.15) is 0 Å². The molecule has 0 bridgehead atoms. The van der Waals surface area contributed by atoms with Gasteiger partial charge in [0.15, 0.2) is 5.85 Å². The summed E-state index contributed by atoms with van der Waals surface area (Å²) in [5, 5.41) is 0. The lowest BCUT2D eigenvalue weighted by molar-refractivity contribution is 0.0661. The van der Waals surface area contributed by atoms with E-state index < -0.39 is 14.1 Å². The minimum atomic E-state index is -3.06. The van der Waals surface area contributed by atoms with Crippen LogP contribution in [0, 0.1) is 0 Å². The predicted octanol–water partition coefficient (Wildman–Crippen LogP) is 4.44. The smallest absolute Gasteiger partial charge is 0.319 e. The van der Waals surface area contributed by atoms with Crippen molar-refractivity contribution in [3.05, 3.63) is 0 Å². The Balaban J connectivity index is 3.22. The van der Waals surface area contributed by atoms with E-state index in [-0.39, 0.29) is 0 Å². The van der Waals surface area contributed by atoms with Crippen LogP contribution in [0.2, 0.25) is 0 Å². The van der Waals surface area contributed by atoms with Crippen molar-refractivity contribution in [2.45, 2.75) is 103 Å². The monoisotopic (exact) mass is 336 g/mol. The van der Waals surface area contributed by atoms with Crippen molar-refractivity contribution >= 4 is 8.25 Å². The van der Waals surface area contributed by atoms with Gasteiger partial charge in [0.25, 0.3) is 0 Å². The summed E-state index contributed by atoms with van der Waals surface area (Å²) in [7, 11) is -3.06. The van der Waals surface area contributed by atoms with Crippen molar-refractivity contribution < 1.29 is 14.0 Å². The Labute approximate surface area is 137 Å². The molecule has 1 atom stereocenters. The summed E-state index contributed by atoms with van der Waals surface area (Å²) in [5.41, 5.74) is 11.2. The molecule has 0 aliphatic heterocycles. The van der Waals surface area contributed by atoms with Crippen LogP contribution >= 0.6 is 8.25 Å². The molecule has 0 saturated heterocycles. The molecule has 0 aromatic carbocycles. The summed E-state index contributed by atoms with van der Waals surface area (Å²) < 4.78 is 15.2. The van der Waals surface area contributed by atoms with E-state index in [1.807, 2.05) is 0 Å². The fourth-order valence-corrected chi connectivity index (χ4v) is 3.06. The Morgan fingerprint density at radius 1 is 0.818 bits per heavy atom. The van der Waals surface area contributed by atoms with E-state index in [0.717, 1.165) is 12.8 Å². The van der Waals surface area contributed by atoms with Crippen LogP contribution in [0.25, 0.3) is 0 Å². The van der Waals surface area contributed by atoms with Gasteiger partial charge < -0.3 is 4.89 Å². The number of rotatable bonds is 16. The van der Waals surface area contributed by atoms with Crippen LogP contribution in [-0.2, 0) is 9.09 Å². The molecule has 0 saturated carbocycles. The normalized spacial score (nSPS) is 13.5. The summed E-state index contributed by atoms with van der Waals surface area (Å²) in [5.74, 6) is -1.46. The van der Waals surface area contributed by atoms with Crippen LogP contribution in [0.1, 0.15) is 96.8 Å². The lowest BCUT2D eigenvalue weighted by Gasteiger charge is -2.22. The Hall–Kier alpha value is 0.0700. The third-order valence-electron chi connectivity index (χ3n) is 3.95. The molecule has 0 aliphatic rings. The van der Waals surface area contributed by atoms with Gasteiger partial charge in [-0.1, -0.05) is 84.0 Å². The summed E-state index contributed by atoms with van der Waals surface area (Å²) in [6, 6.07) is 0. The maximum Gasteiger partial charge on any atom is 0.319 e. The Bertz CT molecular complexity index is 276. The average molecular weight is 336 g/mol. The van der Waals surface area contributed by atoms with E-state index in [0.29, 0.717) is 6.42 Å². The summed E-state index contributed by atoms with van der Waals surface area (Å²) in [4.78, 5) is 8.66. The zero-order valence-corrected chi connectivity index (χ0v) is 15.3. The lowest BCUT2D eigenvalue weighted by atomic mass is 10.0. The van der Waals surface area contributed by atoms with E-state index in [2.05, 4.69) is 11.4 Å². The molecule has 5 N–H and O–H groups in total. The number of nitrogens with two attached hydrogens (primary N) is 2. The number of hydrogen-bond acceptors (Lipinski definition) is 4. The minimum absolute atomic E-state index is 0.418. The van der Waals surface area contributed by atoms with Crippen LogP contribution < -0.4 is 11.5 Å². The SMILES string of the molecule is CCCCCCCCCCCCCCCC(N)(N)O[PH](=O)O. The van der Waals surface area contributed by atoms with Crippen molar-refractivity contribution in [2.24, 2.45) is 11.5 Å². The molecule has 134 valence electrons. The molecule has 0 aromatic heterocycles. The third kappa shape index (κ3) is 16.4. The predicted molar refractivity (Wildman–Crippen MR) is 93.7 cm³/mol. The van der Waals surface area contributed by atoms with Gasteiger partial charge in [-0.25, -0.2) is 0 Å². The molecule has 5 nitrogen and oxygen atoms in total. The van der Waals surface area contributed by atoms with Crippen LogP contribution in [0.3, 0.4) is 0 Å². The van der Waals surface area contributed by atoms with Crippen LogP contribution in [0.5, 0.6) is 0 Å². The molecule has 0 heterocycles. The standard InChI is InChI=1S/C16H37N2O3P/c1-2-3-4-5-6-7-8-9-10-11-12-13-14-15-16(17,18)21-22(19)20/h22H,2-15,17-18H2,1H3,(H,19,20). The van der Waals surface area contributed by atoms with Crippen LogP contribution in [0.4, 0.5) is 0 Å². The summed E-state index contributed by atoms with van der Waals surface area (Å²) in [6.07, 6.45) is 17.0. The highest BCUT2D eigenvalue weighted by atomic mass is 31.1. The van der Waals surface area contributed by atoms with E-state index >= 15 is 0 Å². The van der Waals surface area contributed by atoms with E-state index in [4.69, 9.17) is 16.4 Å². The van der Waals surface area contributed by atoms with Crippen molar-refractivity contribution in [3.8, 4) is 0 Å². The van der Waals surface area contributed by atoms with Crippen LogP contribution in [0.15, 0.2) is 0 Å². The first-order chi connectivity index (χ1) is 10.5. The number of hydrogen-bond donors (Lipinski definition) is 3. The molecule has 0 aromatic rings. The van der Waals surface area contributed by atoms with Crippen molar-refractivity contribution in [3.63, 3.8) is 0 Å². The topological polar surface area (TPSA) is 98.6 Å². The van der Waals surface area contributed by atoms with Gasteiger partial charge in [-0.05, 0) is 6.42 Å². The fraction of sp³-hybridized carbons (Fsp3) is 1.00. The van der Waals surface area contributed by atoms with Gasteiger partial charge in [-0.3, -0.25) is 20.6 Å². The molecule has 22 heavy (non-hydrogen) atoms. The van der Waals surface area contributed by atoms with Crippen molar-refractivity contribution in [2.75, 3.05) is 0 Å². The van der Waals surface area contributed by atoms with E-state index in [9.17, 15) is 4.57 Å². The molecular formula is C16H37N2O3P. The van der Waals surface area contributed by atoms with Gasteiger partial charge in [0.2, 0.25) is 0 Å². The Kier molecular flexibility index (Phi) is 14.7. The molecule has 0 spiro atoms. The first-order valence-corrected chi connectivity index (χ1v) is 10.2. The molecule has 0 aliphatic carbocycles. The second kappa shape index (κ2) is 14.6. The largest absolute Gasteiger partial charge is 0.326 e. The first kappa shape index (κ1) is 22.1. The second-order valence-corrected chi connectivity index (χ2v) is 7.05. The molecule has 0 radical (unpaired) electrons. The molecule has 0 fully saturated rings. The van der Waals surface area contributed by atoms with Gasteiger partial charge in [0, 0.05) is 6.42 Å². The highest BCUT2D eigenvalue weighted by molar-refractivity contribution is 7.32. The maximum absolute atomic E-state index is 10.6. The lowest BCUT2D eigenvalue weighted by Crippen LogP contribution is -2.50. The highest BCUT2D eigenvalue weighted by Gasteiger charge is 2.21. The second-order valence-electron chi connectivity index (χ2n) is 6.32. The van der Waals surface area contributed by atoms with Gasteiger partial charge in [0.1, 0.15) is 0 Å². The molecule has 6 heteroatoms. The molecular weight excluding hydrogens is 299 g/mol. The van der Waals surface area contributed by atoms with E-state index in [1.54, 1.807) is 0 Å². The quantitative estimate of drug-likeness (QED) is 0.220. The molecule has 0 amide bonds. The zero-order valence-electron chi connectivity index (χ0n) is 14.3. The summed E-state index contributed by atoms with van der Waals surface area (Å²) in [6.45, 7) is 2.25. The molecule has 0 rings (SSSR count).